The van der Waals surface area contributed by atoms with E-state index in [1.165, 1.54) is 6.42 Å². The van der Waals surface area contributed by atoms with Crippen molar-refractivity contribution in [3.63, 3.8) is 0 Å². The van der Waals surface area contributed by atoms with Crippen LogP contribution in [0, 0.1) is 0 Å². The number of nitrogens with one attached hydrogen (secondary N) is 1. The van der Waals surface area contributed by atoms with E-state index in [1.807, 2.05) is 64.1 Å². The van der Waals surface area contributed by atoms with Crippen LogP contribution in [0.3, 0.4) is 0 Å². The number of carbonyl (C=O) groups is 2. The minimum atomic E-state index is -0.245. The number of amides is 2. The van der Waals surface area contributed by atoms with Gasteiger partial charge in [-0.1, -0.05) is 68.7 Å². The zero-order valence-electron chi connectivity index (χ0n) is 25.4. The highest BCUT2D eigenvalue weighted by atomic mass is 16.5. The van der Waals surface area contributed by atoms with Crippen molar-refractivity contribution in [3.8, 4) is 17.0 Å². The van der Waals surface area contributed by atoms with Crippen molar-refractivity contribution in [2.45, 2.75) is 58.0 Å². The van der Waals surface area contributed by atoms with Crippen LogP contribution in [-0.4, -0.2) is 72.4 Å². The largest absolute Gasteiger partial charge is 0.491 e. The van der Waals surface area contributed by atoms with Gasteiger partial charge in [0, 0.05) is 51.3 Å². The highest BCUT2D eigenvalue weighted by Gasteiger charge is 2.33. The number of ether oxygens (including phenoxy) is 2. The van der Waals surface area contributed by atoms with Gasteiger partial charge in [0.1, 0.15) is 18.1 Å². The normalized spacial score (nSPS) is 15.4. The topological polar surface area (TPSA) is 121 Å². The first-order valence-electron chi connectivity index (χ1n) is 15.3. The van der Waals surface area contributed by atoms with Gasteiger partial charge in [0.15, 0.2) is 0 Å². The van der Waals surface area contributed by atoms with Crippen LogP contribution in [0.15, 0.2) is 59.4 Å². The highest BCUT2D eigenvalue weighted by molar-refractivity contribution is 5.99. The maximum Gasteiger partial charge on any atom is 0.329 e. The Labute approximate surface area is 253 Å². The van der Waals surface area contributed by atoms with Crippen LogP contribution in [0.5, 0.6) is 5.75 Å². The van der Waals surface area contributed by atoms with Gasteiger partial charge in [-0.15, -0.1) is 0 Å². The Morgan fingerprint density at radius 3 is 2.33 bits per heavy atom. The van der Waals surface area contributed by atoms with Crippen LogP contribution in [-0.2, 0) is 16.1 Å². The standard InChI is InChI=1S/C30H38N4O4.C3H7NO/c1-37-19-20-38-26-14-8-9-23(21-26)22-33-28(29(35)32-17-15-31-16-18-32)27(24-10-4-2-5-11-24)34(30(33)36)25-12-6-3-7-13-25;1-2-3(4)5/h2,4-5,8-11,14,21,25,31H,3,6-7,12-13,15-20,22H2,1H3;2H2,1H3,(H2,4,5). The molecule has 43 heavy (non-hydrogen) atoms. The molecule has 10 nitrogen and oxygen atoms in total. The Balaban J connectivity index is 0.000000782. The van der Waals surface area contributed by atoms with E-state index in [2.05, 4.69) is 11.1 Å². The monoisotopic (exact) mass is 591 g/mol. The predicted molar refractivity (Wildman–Crippen MR) is 167 cm³/mol. The van der Waals surface area contributed by atoms with Crippen molar-refractivity contribution >= 4 is 11.8 Å². The molecule has 2 amide bonds. The van der Waals surface area contributed by atoms with Crippen molar-refractivity contribution in [2.75, 3.05) is 46.5 Å². The van der Waals surface area contributed by atoms with Gasteiger partial charge in [0.25, 0.3) is 5.91 Å². The third-order valence-corrected chi connectivity index (χ3v) is 7.91. The summed E-state index contributed by atoms with van der Waals surface area (Å²) in [5.74, 6) is 0.395. The lowest BCUT2D eigenvalue weighted by Crippen LogP contribution is -2.47. The average molecular weight is 592 g/mol. The summed E-state index contributed by atoms with van der Waals surface area (Å²) in [5, 5.41) is 3.33. The quantitative estimate of drug-likeness (QED) is 0.346. The van der Waals surface area contributed by atoms with Gasteiger partial charge in [0.05, 0.1) is 18.8 Å². The van der Waals surface area contributed by atoms with Gasteiger partial charge in [-0.05, 0) is 30.5 Å². The number of nitrogens with zero attached hydrogens (tertiary/aromatic N) is 3. The molecule has 0 bridgehead atoms. The average Bonchev–Trinajstić information content (AvgIpc) is 3.33. The number of imidazole rings is 1. The van der Waals surface area contributed by atoms with Gasteiger partial charge in [-0.2, -0.15) is 0 Å². The number of piperazine rings is 1. The molecule has 1 aromatic heterocycles. The predicted octanol–water partition coefficient (Wildman–Crippen LogP) is 3.82. The third-order valence-electron chi connectivity index (χ3n) is 7.91. The van der Waals surface area contributed by atoms with Gasteiger partial charge in [-0.25, -0.2) is 4.79 Å². The molecule has 0 spiro atoms. The summed E-state index contributed by atoms with van der Waals surface area (Å²) < 4.78 is 14.6. The van der Waals surface area contributed by atoms with Crippen LogP contribution >= 0.6 is 0 Å². The Bertz CT molecular complexity index is 1390. The number of hydrogen-bond acceptors (Lipinski definition) is 6. The molecule has 5 rings (SSSR count). The fourth-order valence-corrected chi connectivity index (χ4v) is 5.65. The molecule has 3 N–H and O–H groups in total. The van der Waals surface area contributed by atoms with Crippen LogP contribution in [0.4, 0.5) is 0 Å². The maximum atomic E-state index is 14.3. The molecular formula is C33H45N5O5. The molecule has 1 aliphatic carbocycles. The number of nitrogens with two attached hydrogens (primary N) is 1. The van der Waals surface area contributed by atoms with E-state index in [9.17, 15) is 14.4 Å². The van der Waals surface area contributed by atoms with Gasteiger partial charge >= 0.3 is 5.69 Å². The van der Waals surface area contributed by atoms with Crippen molar-refractivity contribution < 1.29 is 19.1 Å². The van der Waals surface area contributed by atoms with E-state index in [4.69, 9.17) is 9.47 Å². The fourth-order valence-electron chi connectivity index (χ4n) is 5.65. The fraction of sp³-hybridized carbons (Fsp3) is 0.485. The van der Waals surface area contributed by atoms with E-state index >= 15 is 0 Å². The summed E-state index contributed by atoms with van der Waals surface area (Å²) in [4.78, 5) is 39.9. The third kappa shape index (κ3) is 8.36. The molecule has 232 valence electrons. The van der Waals surface area contributed by atoms with Gasteiger partial charge in [-0.3, -0.25) is 18.7 Å². The molecule has 1 saturated heterocycles. The summed E-state index contributed by atoms with van der Waals surface area (Å²) in [6.45, 7) is 5.72. The first-order chi connectivity index (χ1) is 20.9. The molecule has 0 unspecified atom stereocenters. The highest BCUT2D eigenvalue weighted by Crippen LogP contribution is 2.34. The summed E-state index contributed by atoms with van der Waals surface area (Å²) in [5.41, 5.74) is 7.60. The Morgan fingerprint density at radius 2 is 1.67 bits per heavy atom. The lowest BCUT2D eigenvalue weighted by atomic mass is 9.94. The summed E-state index contributed by atoms with van der Waals surface area (Å²) in [7, 11) is 1.64. The number of rotatable bonds is 10. The van der Waals surface area contributed by atoms with Crippen LogP contribution < -0.4 is 21.5 Å². The van der Waals surface area contributed by atoms with E-state index in [1.54, 1.807) is 18.6 Å². The number of methoxy groups -OCH3 is 1. The zero-order chi connectivity index (χ0) is 30.6. The first kappa shape index (κ1) is 32.0. The summed E-state index contributed by atoms with van der Waals surface area (Å²) in [6, 6.07) is 17.8. The minimum absolute atomic E-state index is 0.0792. The molecule has 3 aromatic rings. The maximum absolute atomic E-state index is 14.3. The van der Waals surface area contributed by atoms with E-state index in [0.29, 0.717) is 45.0 Å². The molecule has 2 aliphatic rings. The van der Waals surface area contributed by atoms with E-state index < -0.39 is 0 Å². The molecule has 0 radical (unpaired) electrons. The summed E-state index contributed by atoms with van der Waals surface area (Å²) in [6.07, 6.45) is 5.73. The Kier molecular flexibility index (Phi) is 12.0. The van der Waals surface area contributed by atoms with Crippen molar-refractivity contribution in [1.29, 1.82) is 0 Å². The lowest BCUT2D eigenvalue weighted by molar-refractivity contribution is -0.117. The molecule has 10 heteroatoms. The summed E-state index contributed by atoms with van der Waals surface area (Å²) >= 11 is 0. The number of primary amides is 1. The minimum Gasteiger partial charge on any atom is -0.491 e. The molecule has 2 aromatic carbocycles. The molecule has 0 atom stereocenters. The molecule has 1 aliphatic heterocycles. The Hall–Kier alpha value is -3.89. The van der Waals surface area contributed by atoms with Crippen molar-refractivity contribution in [2.24, 2.45) is 5.73 Å². The first-order valence-corrected chi connectivity index (χ1v) is 15.3. The van der Waals surface area contributed by atoms with Crippen molar-refractivity contribution in [3.05, 3.63) is 76.3 Å². The van der Waals surface area contributed by atoms with E-state index in [-0.39, 0.29) is 23.5 Å². The van der Waals surface area contributed by atoms with Crippen LogP contribution in [0.2, 0.25) is 0 Å². The van der Waals surface area contributed by atoms with Gasteiger partial charge < -0.3 is 25.4 Å². The number of benzene rings is 2. The van der Waals surface area contributed by atoms with E-state index in [0.717, 1.165) is 61.3 Å². The second-order valence-electron chi connectivity index (χ2n) is 10.9. The van der Waals surface area contributed by atoms with Crippen molar-refractivity contribution in [1.82, 2.24) is 19.4 Å². The van der Waals surface area contributed by atoms with Gasteiger partial charge in [0.2, 0.25) is 5.91 Å². The molecule has 2 fully saturated rings. The lowest BCUT2D eigenvalue weighted by Gasteiger charge is -2.28. The smallest absolute Gasteiger partial charge is 0.329 e. The number of aromatic nitrogens is 2. The molecule has 1 saturated carbocycles. The zero-order valence-corrected chi connectivity index (χ0v) is 25.4. The SMILES string of the molecule is CCC(N)=O.COCCOc1cccc(Cn2c(C(=O)N3CCNCC3)c(-c3ccccc3)n(C3CCCCC3)c2=O)c1. The molecule has 2 heterocycles. The second kappa shape index (κ2) is 16.1. The molecular weight excluding hydrogens is 546 g/mol. The van der Waals surface area contributed by atoms with Crippen LogP contribution in [0.25, 0.3) is 11.3 Å². The number of hydrogen-bond donors (Lipinski definition) is 2. The second-order valence-corrected chi connectivity index (χ2v) is 10.9. The van der Waals surface area contributed by atoms with Crippen LogP contribution in [0.1, 0.15) is 67.5 Å². The Morgan fingerprint density at radius 1 is 0.977 bits per heavy atom. The number of carbonyl (C=O) groups excluding carboxylic acids is 2.